The third-order valence-electron chi connectivity index (χ3n) is 3.44. The van der Waals surface area contributed by atoms with Gasteiger partial charge in [-0.05, 0) is 43.7 Å². The zero-order valence-electron chi connectivity index (χ0n) is 13.0. The topological polar surface area (TPSA) is 43.4 Å². The molecular formula is C17H22N2O2. The van der Waals surface area contributed by atoms with Crippen LogP contribution in [0, 0.1) is 6.92 Å². The van der Waals surface area contributed by atoms with E-state index in [-0.39, 0.29) is 6.04 Å². The molecule has 21 heavy (non-hydrogen) atoms. The average Bonchev–Trinajstić information content (AvgIpc) is 2.52. The van der Waals surface area contributed by atoms with Gasteiger partial charge in [-0.15, -0.1) is 0 Å². The number of methoxy groups -OCH3 is 2. The molecule has 1 atom stereocenters. The Balaban J connectivity index is 2.04. The number of aryl methyl sites for hydroxylation is 1. The van der Waals surface area contributed by atoms with Crippen LogP contribution in [0.2, 0.25) is 0 Å². The lowest BCUT2D eigenvalue weighted by molar-refractivity contribution is 0.354. The van der Waals surface area contributed by atoms with Crippen LogP contribution in [0.15, 0.2) is 36.4 Å². The molecule has 0 saturated carbocycles. The van der Waals surface area contributed by atoms with Crippen molar-refractivity contribution in [2.24, 2.45) is 0 Å². The highest BCUT2D eigenvalue weighted by molar-refractivity contribution is 5.43. The number of nitrogens with one attached hydrogen (secondary N) is 1. The van der Waals surface area contributed by atoms with Gasteiger partial charge in [-0.3, -0.25) is 4.98 Å². The molecule has 1 N–H and O–H groups in total. The van der Waals surface area contributed by atoms with Crippen LogP contribution in [0.1, 0.15) is 29.9 Å². The van der Waals surface area contributed by atoms with E-state index in [0.717, 1.165) is 35.0 Å². The third kappa shape index (κ3) is 3.95. The molecule has 1 aromatic heterocycles. The number of rotatable bonds is 6. The second-order valence-corrected chi connectivity index (χ2v) is 4.99. The Hall–Kier alpha value is -2.07. The number of nitrogens with zero attached hydrogens (tertiary/aromatic N) is 1. The molecule has 0 aliphatic carbocycles. The van der Waals surface area contributed by atoms with Crippen molar-refractivity contribution in [2.75, 3.05) is 14.2 Å². The molecule has 2 aromatic rings. The average molecular weight is 286 g/mol. The number of hydrogen-bond acceptors (Lipinski definition) is 4. The van der Waals surface area contributed by atoms with E-state index in [4.69, 9.17) is 9.47 Å². The standard InChI is InChI=1S/C17H22N2O2/c1-12-6-5-7-15(19-12)11-18-13(2)14-8-9-16(20-3)17(10-14)21-4/h5-10,13,18H,11H2,1-4H3. The molecule has 0 amide bonds. The van der Waals surface area contributed by atoms with Gasteiger partial charge >= 0.3 is 0 Å². The summed E-state index contributed by atoms with van der Waals surface area (Å²) in [7, 11) is 3.29. The Labute approximate surface area is 126 Å². The molecule has 2 rings (SSSR count). The van der Waals surface area contributed by atoms with E-state index < -0.39 is 0 Å². The summed E-state index contributed by atoms with van der Waals surface area (Å²) in [5.74, 6) is 1.49. The first-order chi connectivity index (χ1) is 10.1. The van der Waals surface area contributed by atoms with Crippen molar-refractivity contribution >= 4 is 0 Å². The molecule has 0 spiro atoms. The maximum atomic E-state index is 5.34. The van der Waals surface area contributed by atoms with E-state index in [2.05, 4.69) is 17.2 Å². The van der Waals surface area contributed by atoms with Crippen molar-refractivity contribution in [1.29, 1.82) is 0 Å². The first kappa shape index (κ1) is 15.3. The van der Waals surface area contributed by atoms with Crippen LogP contribution in [-0.4, -0.2) is 19.2 Å². The van der Waals surface area contributed by atoms with Crippen LogP contribution in [0.25, 0.3) is 0 Å². The second kappa shape index (κ2) is 7.09. The van der Waals surface area contributed by atoms with Gasteiger partial charge in [0.15, 0.2) is 11.5 Å². The molecule has 0 aliphatic rings. The maximum absolute atomic E-state index is 5.34. The van der Waals surface area contributed by atoms with Crippen molar-refractivity contribution in [3.63, 3.8) is 0 Å². The molecule has 0 radical (unpaired) electrons. The van der Waals surface area contributed by atoms with E-state index in [1.807, 2.05) is 43.3 Å². The lowest BCUT2D eigenvalue weighted by atomic mass is 10.1. The van der Waals surface area contributed by atoms with E-state index in [1.165, 1.54) is 0 Å². The van der Waals surface area contributed by atoms with Gasteiger partial charge in [0.1, 0.15) is 0 Å². The van der Waals surface area contributed by atoms with Gasteiger partial charge in [0, 0.05) is 18.3 Å². The van der Waals surface area contributed by atoms with E-state index >= 15 is 0 Å². The number of pyridine rings is 1. The molecule has 0 fully saturated rings. The highest BCUT2D eigenvalue weighted by atomic mass is 16.5. The zero-order valence-corrected chi connectivity index (χ0v) is 13.0. The van der Waals surface area contributed by atoms with E-state index in [1.54, 1.807) is 14.2 Å². The summed E-state index contributed by atoms with van der Waals surface area (Å²) in [6.45, 7) is 4.86. The summed E-state index contributed by atoms with van der Waals surface area (Å²) in [5, 5.41) is 3.47. The monoisotopic (exact) mass is 286 g/mol. The van der Waals surface area contributed by atoms with Crippen LogP contribution in [0.4, 0.5) is 0 Å². The summed E-state index contributed by atoms with van der Waals surface area (Å²) in [6, 6.07) is 12.2. The highest BCUT2D eigenvalue weighted by Gasteiger charge is 2.10. The number of ether oxygens (including phenoxy) is 2. The Kier molecular flexibility index (Phi) is 5.17. The van der Waals surface area contributed by atoms with Gasteiger partial charge in [-0.25, -0.2) is 0 Å². The smallest absolute Gasteiger partial charge is 0.161 e. The van der Waals surface area contributed by atoms with Crippen molar-refractivity contribution in [3.05, 3.63) is 53.3 Å². The molecule has 1 heterocycles. The third-order valence-corrected chi connectivity index (χ3v) is 3.44. The molecule has 4 nitrogen and oxygen atoms in total. The molecule has 1 unspecified atom stereocenters. The lowest BCUT2D eigenvalue weighted by Gasteiger charge is -2.16. The fourth-order valence-corrected chi connectivity index (χ4v) is 2.20. The van der Waals surface area contributed by atoms with Crippen molar-refractivity contribution in [1.82, 2.24) is 10.3 Å². The Morgan fingerprint density at radius 2 is 1.86 bits per heavy atom. The van der Waals surface area contributed by atoms with Gasteiger partial charge in [0.2, 0.25) is 0 Å². The molecule has 112 valence electrons. The van der Waals surface area contributed by atoms with Crippen molar-refractivity contribution in [3.8, 4) is 11.5 Å². The molecular weight excluding hydrogens is 264 g/mol. The largest absolute Gasteiger partial charge is 0.493 e. The Bertz CT molecular complexity index is 599. The van der Waals surface area contributed by atoms with Crippen molar-refractivity contribution < 1.29 is 9.47 Å². The van der Waals surface area contributed by atoms with Crippen LogP contribution < -0.4 is 14.8 Å². The first-order valence-corrected chi connectivity index (χ1v) is 7.02. The van der Waals surface area contributed by atoms with Crippen molar-refractivity contribution in [2.45, 2.75) is 26.4 Å². The zero-order chi connectivity index (χ0) is 15.2. The van der Waals surface area contributed by atoms with Gasteiger partial charge in [-0.1, -0.05) is 12.1 Å². The molecule has 0 aliphatic heterocycles. The van der Waals surface area contributed by atoms with Crippen LogP contribution >= 0.6 is 0 Å². The van der Waals surface area contributed by atoms with Crippen LogP contribution in [0.3, 0.4) is 0 Å². The minimum atomic E-state index is 0.201. The second-order valence-electron chi connectivity index (χ2n) is 4.99. The highest BCUT2D eigenvalue weighted by Crippen LogP contribution is 2.29. The summed E-state index contributed by atoms with van der Waals surface area (Å²) in [5.41, 5.74) is 3.23. The van der Waals surface area contributed by atoms with Crippen LogP contribution in [0.5, 0.6) is 11.5 Å². The quantitative estimate of drug-likeness (QED) is 0.885. The van der Waals surface area contributed by atoms with Gasteiger partial charge in [-0.2, -0.15) is 0 Å². The molecule has 1 aromatic carbocycles. The summed E-state index contributed by atoms with van der Waals surface area (Å²) in [4.78, 5) is 4.49. The summed E-state index contributed by atoms with van der Waals surface area (Å²) in [6.07, 6.45) is 0. The summed E-state index contributed by atoms with van der Waals surface area (Å²) >= 11 is 0. The fraction of sp³-hybridized carbons (Fsp3) is 0.353. The molecule has 4 heteroatoms. The Morgan fingerprint density at radius 1 is 1.10 bits per heavy atom. The predicted molar refractivity (Wildman–Crippen MR) is 83.8 cm³/mol. The van der Waals surface area contributed by atoms with Gasteiger partial charge in [0.25, 0.3) is 0 Å². The molecule has 0 saturated heterocycles. The first-order valence-electron chi connectivity index (χ1n) is 7.02. The number of benzene rings is 1. The van der Waals surface area contributed by atoms with Gasteiger partial charge in [0.05, 0.1) is 19.9 Å². The number of aromatic nitrogens is 1. The van der Waals surface area contributed by atoms with E-state index in [0.29, 0.717) is 0 Å². The lowest BCUT2D eigenvalue weighted by Crippen LogP contribution is -2.19. The SMILES string of the molecule is COc1ccc(C(C)NCc2cccc(C)n2)cc1OC. The summed E-state index contributed by atoms with van der Waals surface area (Å²) < 4.78 is 10.6. The van der Waals surface area contributed by atoms with Gasteiger partial charge < -0.3 is 14.8 Å². The number of hydrogen-bond donors (Lipinski definition) is 1. The maximum Gasteiger partial charge on any atom is 0.161 e. The van der Waals surface area contributed by atoms with Crippen LogP contribution in [-0.2, 0) is 6.54 Å². The Morgan fingerprint density at radius 3 is 2.52 bits per heavy atom. The molecule has 0 bridgehead atoms. The minimum Gasteiger partial charge on any atom is -0.493 e. The van der Waals surface area contributed by atoms with E-state index in [9.17, 15) is 0 Å². The predicted octanol–water partition coefficient (Wildman–Crippen LogP) is 3.26. The normalized spacial score (nSPS) is 12.0. The fourth-order valence-electron chi connectivity index (χ4n) is 2.20. The minimum absolute atomic E-state index is 0.201.